The highest BCUT2D eigenvalue weighted by Gasteiger charge is 1.94. The van der Waals surface area contributed by atoms with Gasteiger partial charge >= 0.3 is 0 Å². The van der Waals surface area contributed by atoms with Gasteiger partial charge in [-0.05, 0) is 38.0 Å². The second-order valence-electron chi connectivity index (χ2n) is 3.56. The van der Waals surface area contributed by atoms with Crippen molar-refractivity contribution in [2.45, 2.75) is 26.3 Å². The summed E-state index contributed by atoms with van der Waals surface area (Å²) >= 11 is 0. The number of benzene rings is 1. The van der Waals surface area contributed by atoms with Crippen LogP contribution in [0.5, 0.6) is 0 Å². The minimum absolute atomic E-state index is 0.275. The third kappa shape index (κ3) is 3.95. The van der Waals surface area contributed by atoms with Gasteiger partial charge < -0.3 is 11.1 Å². The minimum Gasteiger partial charge on any atom is -0.385 e. The predicted molar refractivity (Wildman–Crippen MR) is 57.9 cm³/mol. The molecule has 0 saturated heterocycles. The summed E-state index contributed by atoms with van der Waals surface area (Å²) in [7, 11) is 0. The molecule has 2 heteroatoms. The van der Waals surface area contributed by atoms with E-state index in [-0.39, 0.29) is 6.04 Å². The van der Waals surface area contributed by atoms with Gasteiger partial charge in [0.2, 0.25) is 0 Å². The highest BCUT2D eigenvalue weighted by Crippen LogP contribution is 2.09. The van der Waals surface area contributed by atoms with Gasteiger partial charge in [-0.25, -0.2) is 0 Å². The number of hydrogen-bond acceptors (Lipinski definition) is 2. The summed E-state index contributed by atoms with van der Waals surface area (Å²) in [5, 5.41) is 3.34. The average molecular weight is 178 g/mol. The Kier molecular flexibility index (Phi) is 3.77. The largest absolute Gasteiger partial charge is 0.385 e. The Morgan fingerprint density at radius 3 is 2.85 bits per heavy atom. The molecule has 0 heterocycles. The molecule has 13 heavy (non-hydrogen) atoms. The Hall–Kier alpha value is -1.02. The second kappa shape index (κ2) is 4.87. The lowest BCUT2D eigenvalue weighted by atomic mass is 10.2. The van der Waals surface area contributed by atoms with E-state index in [9.17, 15) is 0 Å². The maximum absolute atomic E-state index is 5.65. The molecule has 0 saturated carbocycles. The summed E-state index contributed by atoms with van der Waals surface area (Å²) in [6.07, 6.45) is 1.01. The standard InChI is InChI=1S/C11H18N2/c1-9-4-3-5-11(8-9)13-7-6-10(2)12/h3-5,8,10,13H,6-7,12H2,1-2H3. The van der Waals surface area contributed by atoms with Crippen LogP contribution in [0.2, 0.25) is 0 Å². The molecule has 0 aliphatic carbocycles. The van der Waals surface area contributed by atoms with E-state index in [2.05, 4.69) is 36.5 Å². The van der Waals surface area contributed by atoms with Crippen LogP contribution in [0.15, 0.2) is 24.3 Å². The van der Waals surface area contributed by atoms with Crippen molar-refractivity contribution in [3.63, 3.8) is 0 Å². The normalized spacial score (nSPS) is 12.5. The van der Waals surface area contributed by atoms with Gasteiger partial charge in [0.15, 0.2) is 0 Å². The zero-order valence-electron chi connectivity index (χ0n) is 8.38. The van der Waals surface area contributed by atoms with Crippen LogP contribution >= 0.6 is 0 Å². The van der Waals surface area contributed by atoms with Crippen molar-refractivity contribution in [1.29, 1.82) is 0 Å². The first-order chi connectivity index (χ1) is 6.18. The molecule has 0 spiro atoms. The van der Waals surface area contributed by atoms with Crippen LogP contribution in [0.1, 0.15) is 18.9 Å². The van der Waals surface area contributed by atoms with Gasteiger partial charge in [-0.15, -0.1) is 0 Å². The van der Waals surface area contributed by atoms with E-state index in [4.69, 9.17) is 5.73 Å². The van der Waals surface area contributed by atoms with Gasteiger partial charge in [0.25, 0.3) is 0 Å². The molecule has 0 radical (unpaired) electrons. The lowest BCUT2D eigenvalue weighted by Gasteiger charge is -2.08. The summed E-state index contributed by atoms with van der Waals surface area (Å²) < 4.78 is 0. The summed E-state index contributed by atoms with van der Waals surface area (Å²) in [6.45, 7) is 5.07. The Labute approximate surface area is 80.1 Å². The van der Waals surface area contributed by atoms with E-state index >= 15 is 0 Å². The van der Waals surface area contributed by atoms with Gasteiger partial charge in [-0.1, -0.05) is 12.1 Å². The Morgan fingerprint density at radius 1 is 1.46 bits per heavy atom. The topological polar surface area (TPSA) is 38.0 Å². The molecule has 72 valence electrons. The first-order valence-electron chi connectivity index (χ1n) is 4.74. The highest BCUT2D eigenvalue weighted by molar-refractivity contribution is 5.45. The van der Waals surface area contributed by atoms with Crippen LogP contribution in [0, 0.1) is 6.92 Å². The lowest BCUT2D eigenvalue weighted by molar-refractivity contribution is 0.690. The maximum atomic E-state index is 5.65. The fraction of sp³-hybridized carbons (Fsp3) is 0.455. The molecule has 0 aliphatic heterocycles. The maximum Gasteiger partial charge on any atom is 0.0342 e. The summed E-state index contributed by atoms with van der Waals surface area (Å²) in [4.78, 5) is 0. The van der Waals surface area contributed by atoms with Crippen LogP contribution in [-0.2, 0) is 0 Å². The van der Waals surface area contributed by atoms with Crippen molar-refractivity contribution >= 4 is 5.69 Å². The lowest BCUT2D eigenvalue weighted by Crippen LogP contribution is -2.19. The molecule has 0 amide bonds. The fourth-order valence-electron chi connectivity index (χ4n) is 1.20. The van der Waals surface area contributed by atoms with E-state index in [0.717, 1.165) is 13.0 Å². The van der Waals surface area contributed by atoms with Crippen molar-refractivity contribution in [1.82, 2.24) is 0 Å². The van der Waals surface area contributed by atoms with Crippen LogP contribution in [0.25, 0.3) is 0 Å². The van der Waals surface area contributed by atoms with Crippen molar-refractivity contribution in [3.8, 4) is 0 Å². The number of nitrogens with two attached hydrogens (primary N) is 1. The Morgan fingerprint density at radius 2 is 2.23 bits per heavy atom. The SMILES string of the molecule is Cc1cccc(NCCC(C)N)c1. The second-order valence-corrected chi connectivity index (χ2v) is 3.56. The Balaban J connectivity index is 2.37. The fourth-order valence-corrected chi connectivity index (χ4v) is 1.20. The van der Waals surface area contributed by atoms with Crippen molar-refractivity contribution < 1.29 is 0 Å². The molecule has 0 bridgehead atoms. The minimum atomic E-state index is 0.275. The molecule has 1 aromatic carbocycles. The van der Waals surface area contributed by atoms with Crippen LogP contribution in [0.4, 0.5) is 5.69 Å². The molecular formula is C11H18N2. The van der Waals surface area contributed by atoms with Crippen molar-refractivity contribution in [2.75, 3.05) is 11.9 Å². The molecule has 1 aromatic rings. The molecule has 1 atom stereocenters. The van der Waals surface area contributed by atoms with Gasteiger partial charge in [0.1, 0.15) is 0 Å². The van der Waals surface area contributed by atoms with E-state index in [1.54, 1.807) is 0 Å². The molecule has 3 N–H and O–H groups in total. The monoisotopic (exact) mass is 178 g/mol. The van der Waals surface area contributed by atoms with E-state index < -0.39 is 0 Å². The summed E-state index contributed by atoms with van der Waals surface area (Å²) in [5.41, 5.74) is 8.11. The molecule has 0 aliphatic rings. The summed E-state index contributed by atoms with van der Waals surface area (Å²) in [6, 6.07) is 8.65. The molecular weight excluding hydrogens is 160 g/mol. The average Bonchev–Trinajstić information content (AvgIpc) is 2.03. The quantitative estimate of drug-likeness (QED) is 0.741. The number of hydrogen-bond donors (Lipinski definition) is 2. The number of nitrogens with one attached hydrogen (secondary N) is 1. The van der Waals surface area contributed by atoms with Crippen LogP contribution < -0.4 is 11.1 Å². The van der Waals surface area contributed by atoms with Crippen molar-refractivity contribution in [3.05, 3.63) is 29.8 Å². The van der Waals surface area contributed by atoms with E-state index in [1.807, 2.05) is 6.92 Å². The number of rotatable bonds is 4. The van der Waals surface area contributed by atoms with Gasteiger partial charge in [-0.3, -0.25) is 0 Å². The van der Waals surface area contributed by atoms with Crippen LogP contribution in [0.3, 0.4) is 0 Å². The Bertz CT molecular complexity index is 256. The van der Waals surface area contributed by atoms with Gasteiger partial charge in [0.05, 0.1) is 0 Å². The first-order valence-corrected chi connectivity index (χ1v) is 4.74. The third-order valence-electron chi connectivity index (χ3n) is 1.95. The summed E-state index contributed by atoms with van der Waals surface area (Å²) in [5.74, 6) is 0. The zero-order chi connectivity index (χ0) is 9.68. The van der Waals surface area contributed by atoms with Gasteiger partial charge in [0, 0.05) is 18.3 Å². The number of anilines is 1. The van der Waals surface area contributed by atoms with Crippen molar-refractivity contribution in [2.24, 2.45) is 5.73 Å². The molecule has 1 unspecified atom stereocenters. The first kappa shape index (κ1) is 10.1. The predicted octanol–water partition coefficient (Wildman–Crippen LogP) is 2.14. The van der Waals surface area contributed by atoms with E-state index in [1.165, 1.54) is 11.3 Å². The molecule has 2 nitrogen and oxygen atoms in total. The highest BCUT2D eigenvalue weighted by atomic mass is 14.9. The van der Waals surface area contributed by atoms with Crippen LogP contribution in [-0.4, -0.2) is 12.6 Å². The van der Waals surface area contributed by atoms with E-state index in [0.29, 0.717) is 0 Å². The molecule has 0 aromatic heterocycles. The molecule has 0 fully saturated rings. The van der Waals surface area contributed by atoms with Gasteiger partial charge in [-0.2, -0.15) is 0 Å². The smallest absolute Gasteiger partial charge is 0.0342 e. The number of aryl methyl sites for hydroxylation is 1. The zero-order valence-corrected chi connectivity index (χ0v) is 8.38. The third-order valence-corrected chi connectivity index (χ3v) is 1.95. The molecule has 1 rings (SSSR count).